The number of ether oxygens (including phenoxy) is 1. The maximum absolute atomic E-state index is 12.7. The predicted molar refractivity (Wildman–Crippen MR) is 99.8 cm³/mol. The van der Waals surface area contributed by atoms with Gasteiger partial charge in [0, 0.05) is 11.8 Å². The van der Waals surface area contributed by atoms with Crippen molar-refractivity contribution in [2.45, 2.75) is 64.4 Å². The van der Waals surface area contributed by atoms with Gasteiger partial charge in [0.1, 0.15) is 18.3 Å². The highest BCUT2D eigenvalue weighted by Crippen LogP contribution is 2.52. The van der Waals surface area contributed by atoms with Crippen molar-refractivity contribution in [2.24, 2.45) is 5.73 Å². The van der Waals surface area contributed by atoms with Crippen LogP contribution in [0.5, 0.6) is 0 Å². The molecule has 11 heteroatoms. The zero-order chi connectivity index (χ0) is 21.1. The molecular formula is C17H29N2O8P. The van der Waals surface area contributed by atoms with E-state index < -0.39 is 50.5 Å². The topological polar surface area (TPSA) is 141 Å². The van der Waals surface area contributed by atoms with E-state index in [1.165, 1.54) is 0 Å². The van der Waals surface area contributed by atoms with Crippen LogP contribution in [-0.2, 0) is 27.7 Å². The molecule has 0 bridgehead atoms. The van der Waals surface area contributed by atoms with Crippen LogP contribution in [0.3, 0.4) is 0 Å². The first-order valence-electron chi connectivity index (χ1n) is 9.08. The Morgan fingerprint density at radius 2 is 1.89 bits per heavy atom. The molecule has 0 aromatic carbocycles. The van der Waals surface area contributed by atoms with Crippen molar-refractivity contribution >= 4 is 13.7 Å². The average molecular weight is 420 g/mol. The summed E-state index contributed by atoms with van der Waals surface area (Å²) in [5.41, 5.74) is 5.63. The van der Waals surface area contributed by atoms with E-state index in [-0.39, 0.29) is 13.2 Å². The summed E-state index contributed by atoms with van der Waals surface area (Å²) in [7, 11) is -3.88. The van der Waals surface area contributed by atoms with Crippen molar-refractivity contribution < 1.29 is 37.9 Å². The summed E-state index contributed by atoms with van der Waals surface area (Å²) in [6.45, 7) is 6.56. The summed E-state index contributed by atoms with van der Waals surface area (Å²) in [6, 6.07) is 0. The second-order valence-electron chi connectivity index (χ2n) is 7.17. The Morgan fingerprint density at radius 1 is 1.29 bits per heavy atom. The fraction of sp³-hybridized carbons (Fsp3) is 0.706. The third kappa shape index (κ3) is 5.87. The van der Waals surface area contributed by atoms with E-state index in [1.807, 2.05) is 0 Å². The molecule has 0 unspecified atom stereocenters. The normalized spacial score (nSPS) is 28.3. The molecule has 160 valence electrons. The Balaban J connectivity index is 2.02. The van der Waals surface area contributed by atoms with E-state index in [1.54, 1.807) is 50.9 Å². The highest BCUT2D eigenvalue weighted by molar-refractivity contribution is 7.48. The first-order valence-corrected chi connectivity index (χ1v) is 10.5. The molecule has 0 spiro atoms. The molecule has 0 radical (unpaired) electrons. The molecule has 1 fully saturated rings. The molecule has 4 N–H and O–H groups in total. The number of nitrogens with two attached hydrogens (primary N) is 1. The maximum Gasteiger partial charge on any atom is 0.475 e. The molecule has 10 nitrogen and oxygen atoms in total. The standard InChI is InChI=1S/C17H29N2O8P/c1-10(2)26-28(23,27-11(3)4)24-9-13-14(20)15(21)17(25-13)19-7-5-6-12(8-19)16(18)22/h5-7,10-11,13-15,17,20-21H,8-9H2,1-4H3,(H2,18,22)/t13-,14-,15-,17-/m1/s1. The van der Waals surface area contributed by atoms with Gasteiger partial charge in [0.2, 0.25) is 5.91 Å². The van der Waals surface area contributed by atoms with Crippen molar-refractivity contribution in [3.05, 3.63) is 23.9 Å². The molecular weight excluding hydrogens is 391 g/mol. The van der Waals surface area contributed by atoms with E-state index in [4.69, 9.17) is 24.0 Å². The number of allylic oxidation sites excluding steroid dienone is 2. The lowest BCUT2D eigenvalue weighted by Crippen LogP contribution is -2.43. The summed E-state index contributed by atoms with van der Waals surface area (Å²) in [5.74, 6) is -0.583. The zero-order valence-electron chi connectivity index (χ0n) is 16.4. The van der Waals surface area contributed by atoms with Crippen molar-refractivity contribution in [1.29, 1.82) is 0 Å². The van der Waals surface area contributed by atoms with Gasteiger partial charge in [-0.1, -0.05) is 6.08 Å². The molecule has 1 saturated heterocycles. The summed E-state index contributed by atoms with van der Waals surface area (Å²) in [4.78, 5) is 12.9. The Kier molecular flexibility index (Phi) is 7.81. The summed E-state index contributed by atoms with van der Waals surface area (Å²) < 4.78 is 34.3. The fourth-order valence-corrected chi connectivity index (χ4v) is 4.35. The van der Waals surface area contributed by atoms with Gasteiger partial charge in [-0.05, 0) is 33.8 Å². The minimum atomic E-state index is -3.88. The Hall–Kier alpha value is -1.26. The number of amides is 1. The maximum atomic E-state index is 12.7. The second-order valence-corrected chi connectivity index (χ2v) is 8.74. The number of hydrogen-bond donors (Lipinski definition) is 3. The number of primary amides is 1. The van der Waals surface area contributed by atoms with Crippen LogP contribution in [0.2, 0.25) is 0 Å². The van der Waals surface area contributed by atoms with Gasteiger partial charge in [-0.3, -0.25) is 18.4 Å². The lowest BCUT2D eigenvalue weighted by atomic mass is 10.1. The van der Waals surface area contributed by atoms with Crippen LogP contribution in [0, 0.1) is 0 Å². The van der Waals surface area contributed by atoms with Crippen LogP contribution in [0.15, 0.2) is 23.9 Å². The number of carbonyl (C=O) groups excluding carboxylic acids is 1. The van der Waals surface area contributed by atoms with Crippen LogP contribution < -0.4 is 5.73 Å². The van der Waals surface area contributed by atoms with E-state index in [2.05, 4.69) is 0 Å². The van der Waals surface area contributed by atoms with Gasteiger partial charge in [0.05, 0.1) is 25.4 Å². The molecule has 0 aliphatic carbocycles. The smallest absolute Gasteiger partial charge is 0.387 e. The minimum Gasteiger partial charge on any atom is -0.387 e. The molecule has 2 aliphatic heterocycles. The molecule has 28 heavy (non-hydrogen) atoms. The summed E-state index contributed by atoms with van der Waals surface area (Å²) in [6.07, 6.45) is -0.517. The highest BCUT2D eigenvalue weighted by Gasteiger charge is 2.46. The SMILES string of the molecule is CC(C)OP(=O)(OC[C@H]1O[C@@H](N2C=CC=C(C(N)=O)C2)[C@H](O)[C@@H]1O)OC(C)C. The van der Waals surface area contributed by atoms with Crippen molar-refractivity contribution in [3.63, 3.8) is 0 Å². The van der Waals surface area contributed by atoms with E-state index >= 15 is 0 Å². The quantitative estimate of drug-likeness (QED) is 0.458. The number of phosphoric acid groups is 1. The minimum absolute atomic E-state index is 0.124. The second kappa shape index (κ2) is 9.49. The Labute approximate surface area is 164 Å². The first kappa shape index (κ1) is 23.0. The highest BCUT2D eigenvalue weighted by atomic mass is 31.2. The number of nitrogens with zero attached hydrogens (tertiary/aromatic N) is 1. The van der Waals surface area contributed by atoms with Gasteiger partial charge in [-0.15, -0.1) is 0 Å². The summed E-state index contributed by atoms with van der Waals surface area (Å²) in [5, 5.41) is 20.7. The molecule has 0 aromatic rings. The number of aliphatic hydroxyl groups is 2. The van der Waals surface area contributed by atoms with Crippen molar-refractivity contribution in [1.82, 2.24) is 4.90 Å². The van der Waals surface area contributed by atoms with Gasteiger partial charge < -0.3 is 25.6 Å². The third-order valence-corrected chi connectivity index (χ3v) is 5.81. The van der Waals surface area contributed by atoms with Crippen LogP contribution >= 0.6 is 7.82 Å². The van der Waals surface area contributed by atoms with Crippen LogP contribution in [0.1, 0.15) is 27.7 Å². The van der Waals surface area contributed by atoms with E-state index in [9.17, 15) is 19.6 Å². The number of hydrogen-bond acceptors (Lipinski definition) is 9. The van der Waals surface area contributed by atoms with Gasteiger partial charge >= 0.3 is 7.82 Å². The lowest BCUT2D eigenvalue weighted by molar-refractivity contribution is -0.115. The number of aliphatic hydroxyl groups excluding tert-OH is 2. The number of phosphoric ester groups is 1. The zero-order valence-corrected chi connectivity index (χ0v) is 17.3. The number of carbonyl (C=O) groups is 1. The van der Waals surface area contributed by atoms with Gasteiger partial charge in [0.15, 0.2) is 6.23 Å². The Morgan fingerprint density at radius 3 is 2.43 bits per heavy atom. The van der Waals surface area contributed by atoms with Crippen LogP contribution in [-0.4, -0.2) is 70.9 Å². The molecule has 2 heterocycles. The molecule has 2 rings (SSSR count). The van der Waals surface area contributed by atoms with E-state index in [0.717, 1.165) is 0 Å². The largest absolute Gasteiger partial charge is 0.475 e. The van der Waals surface area contributed by atoms with Gasteiger partial charge in [-0.25, -0.2) is 4.57 Å². The molecule has 0 saturated carbocycles. The fourth-order valence-electron chi connectivity index (χ4n) is 2.81. The van der Waals surface area contributed by atoms with Crippen molar-refractivity contribution in [3.8, 4) is 0 Å². The summed E-state index contributed by atoms with van der Waals surface area (Å²) >= 11 is 0. The average Bonchev–Trinajstić information content (AvgIpc) is 2.87. The van der Waals surface area contributed by atoms with E-state index in [0.29, 0.717) is 5.57 Å². The molecule has 0 aromatic heterocycles. The van der Waals surface area contributed by atoms with Gasteiger partial charge in [-0.2, -0.15) is 0 Å². The number of rotatable bonds is 9. The molecule has 1 amide bonds. The van der Waals surface area contributed by atoms with Crippen molar-refractivity contribution in [2.75, 3.05) is 13.2 Å². The Bertz CT molecular complexity index is 652. The third-order valence-electron chi connectivity index (χ3n) is 3.99. The van der Waals surface area contributed by atoms with Crippen LogP contribution in [0.25, 0.3) is 0 Å². The van der Waals surface area contributed by atoms with Gasteiger partial charge in [0.25, 0.3) is 0 Å². The predicted octanol–water partition coefficient (Wildman–Crippen LogP) is 0.649. The first-order chi connectivity index (χ1) is 13.0. The van der Waals surface area contributed by atoms with Crippen LogP contribution in [0.4, 0.5) is 0 Å². The monoisotopic (exact) mass is 420 g/mol. The lowest BCUT2D eigenvalue weighted by Gasteiger charge is -2.31. The molecule has 4 atom stereocenters. The molecule has 2 aliphatic rings.